The van der Waals surface area contributed by atoms with Crippen molar-refractivity contribution < 1.29 is 18.9 Å². The van der Waals surface area contributed by atoms with E-state index in [-0.39, 0.29) is 24.9 Å². The van der Waals surface area contributed by atoms with Crippen molar-refractivity contribution >= 4 is 46.4 Å². The Morgan fingerprint density at radius 3 is 2.08 bits per heavy atom. The molecule has 1 atom stereocenters. The molecule has 8 heteroatoms. The van der Waals surface area contributed by atoms with Crippen LogP contribution < -0.4 is 15.5 Å². The van der Waals surface area contributed by atoms with E-state index in [0.717, 1.165) is 0 Å². The number of rotatable bonds is 6. The number of carbonyl (C=O) groups excluding carboxylic acids is 2. The van der Waals surface area contributed by atoms with Gasteiger partial charge >= 0.3 is 0 Å². The van der Waals surface area contributed by atoms with Gasteiger partial charge in [0.2, 0.25) is 0 Å². The van der Waals surface area contributed by atoms with Gasteiger partial charge in [0.1, 0.15) is 5.82 Å². The zero-order valence-electron chi connectivity index (χ0n) is 13.4. The average Bonchev–Trinajstić information content (AvgIpc) is 2.45. The Bertz CT molecular complexity index is 766. The number of carbonyl (C=O) groups is 2. The Balaban J connectivity index is 1.83. The molecule has 0 spiro atoms. The summed E-state index contributed by atoms with van der Waals surface area (Å²) in [6.45, 7) is 0.126. The first-order valence-corrected chi connectivity index (χ1v) is 8.20. The third kappa shape index (κ3) is 6.70. The molecule has 0 fully saturated rings. The fourth-order valence-corrected chi connectivity index (χ4v) is 2.74. The number of hydrogen-bond donors (Lipinski definition) is 3. The van der Waals surface area contributed by atoms with Gasteiger partial charge in [0.25, 0.3) is 11.8 Å². The standard InChI is InChI=1S/C17H16Cl2FN3O2/c1-23(9-16(24)21-14-4-2-3-13(20)8-14)10-17(25)22-15-6-11(18)5-12(19)7-15/h2-8H,9-10H2,1H3,(H,21,24)(H,22,25)/p+1. The van der Waals surface area contributed by atoms with Crippen LogP contribution in [-0.2, 0) is 9.59 Å². The molecule has 0 heterocycles. The molecule has 2 aromatic carbocycles. The van der Waals surface area contributed by atoms with Gasteiger partial charge in [-0.05, 0) is 36.4 Å². The van der Waals surface area contributed by atoms with E-state index >= 15 is 0 Å². The summed E-state index contributed by atoms with van der Waals surface area (Å²) in [6.07, 6.45) is 0. The third-order valence-corrected chi connectivity index (χ3v) is 3.62. The van der Waals surface area contributed by atoms with Crippen molar-refractivity contribution in [3.63, 3.8) is 0 Å². The maximum Gasteiger partial charge on any atom is 0.279 e. The summed E-state index contributed by atoms with van der Waals surface area (Å²) in [4.78, 5) is 24.6. The topological polar surface area (TPSA) is 62.6 Å². The molecule has 0 saturated carbocycles. The summed E-state index contributed by atoms with van der Waals surface area (Å²) >= 11 is 11.8. The van der Waals surface area contributed by atoms with Crippen molar-refractivity contribution in [1.82, 2.24) is 0 Å². The fourth-order valence-electron chi connectivity index (χ4n) is 2.21. The summed E-state index contributed by atoms with van der Waals surface area (Å²) in [7, 11) is 1.70. The number of nitrogens with one attached hydrogen (secondary N) is 3. The fraction of sp³-hybridized carbons (Fsp3) is 0.176. The lowest BCUT2D eigenvalue weighted by Gasteiger charge is -2.14. The molecular formula is C17H17Cl2FN3O2+. The van der Waals surface area contributed by atoms with Crippen LogP contribution in [0.1, 0.15) is 0 Å². The first kappa shape index (κ1) is 19.2. The zero-order chi connectivity index (χ0) is 18.4. The Morgan fingerprint density at radius 1 is 0.960 bits per heavy atom. The highest BCUT2D eigenvalue weighted by atomic mass is 35.5. The Hall–Kier alpha value is -2.15. The number of hydrogen-bond acceptors (Lipinski definition) is 2. The van der Waals surface area contributed by atoms with Gasteiger partial charge < -0.3 is 15.5 Å². The Labute approximate surface area is 154 Å². The van der Waals surface area contributed by atoms with E-state index in [9.17, 15) is 14.0 Å². The Morgan fingerprint density at radius 2 is 1.52 bits per heavy atom. The second-order valence-corrected chi connectivity index (χ2v) is 6.45. The molecule has 2 rings (SSSR count). The average molecular weight is 385 g/mol. The van der Waals surface area contributed by atoms with Crippen LogP contribution in [0.3, 0.4) is 0 Å². The minimum Gasteiger partial charge on any atom is -0.322 e. The largest absolute Gasteiger partial charge is 0.322 e. The van der Waals surface area contributed by atoms with Crippen LogP contribution in [0.2, 0.25) is 10.0 Å². The van der Waals surface area contributed by atoms with Gasteiger partial charge in [-0.15, -0.1) is 0 Å². The molecule has 5 nitrogen and oxygen atoms in total. The SMILES string of the molecule is C[NH+](CC(=O)Nc1cccc(F)c1)CC(=O)Nc1cc(Cl)cc(Cl)c1. The lowest BCUT2D eigenvalue weighted by molar-refractivity contribution is -0.862. The highest BCUT2D eigenvalue weighted by Crippen LogP contribution is 2.22. The number of halogens is 3. The van der Waals surface area contributed by atoms with Gasteiger partial charge in [-0.3, -0.25) is 9.59 Å². The summed E-state index contributed by atoms with van der Waals surface area (Å²) in [5.74, 6) is -1.03. The molecule has 0 aliphatic heterocycles. The predicted octanol–water partition coefficient (Wildman–Crippen LogP) is 2.22. The van der Waals surface area contributed by atoms with Gasteiger partial charge in [0.15, 0.2) is 13.1 Å². The minimum absolute atomic E-state index is 0.0558. The van der Waals surface area contributed by atoms with Crippen molar-refractivity contribution in [3.05, 3.63) is 58.3 Å². The highest BCUT2D eigenvalue weighted by Gasteiger charge is 2.15. The minimum atomic E-state index is -0.432. The van der Waals surface area contributed by atoms with Crippen molar-refractivity contribution in [2.24, 2.45) is 0 Å². The summed E-state index contributed by atoms with van der Waals surface area (Å²) < 4.78 is 13.1. The van der Waals surface area contributed by atoms with Gasteiger partial charge in [-0.25, -0.2) is 4.39 Å². The van der Waals surface area contributed by atoms with E-state index in [2.05, 4.69) is 10.6 Å². The van der Waals surface area contributed by atoms with E-state index < -0.39 is 5.82 Å². The van der Waals surface area contributed by atoms with E-state index in [0.29, 0.717) is 26.3 Å². The van der Waals surface area contributed by atoms with Crippen molar-refractivity contribution in [1.29, 1.82) is 0 Å². The number of amides is 2. The smallest absolute Gasteiger partial charge is 0.279 e. The summed E-state index contributed by atoms with van der Waals surface area (Å²) in [6, 6.07) is 10.3. The number of anilines is 2. The molecule has 0 radical (unpaired) electrons. The van der Waals surface area contributed by atoms with E-state index in [1.54, 1.807) is 31.3 Å². The number of likely N-dealkylation sites (N-methyl/N-ethyl adjacent to an activating group) is 1. The molecule has 2 amide bonds. The lowest BCUT2D eigenvalue weighted by atomic mass is 10.3. The molecule has 3 N–H and O–H groups in total. The molecule has 0 aliphatic rings. The Kier molecular flexibility index (Phi) is 6.75. The molecule has 0 aromatic heterocycles. The molecule has 2 aromatic rings. The van der Waals surface area contributed by atoms with E-state index in [1.165, 1.54) is 18.2 Å². The van der Waals surface area contributed by atoms with Crippen LogP contribution >= 0.6 is 23.2 Å². The maximum absolute atomic E-state index is 13.1. The first-order chi connectivity index (χ1) is 11.8. The molecule has 0 bridgehead atoms. The molecule has 0 saturated heterocycles. The molecule has 25 heavy (non-hydrogen) atoms. The van der Waals surface area contributed by atoms with Crippen LogP contribution in [-0.4, -0.2) is 32.0 Å². The van der Waals surface area contributed by atoms with E-state index in [4.69, 9.17) is 23.2 Å². The van der Waals surface area contributed by atoms with Gasteiger partial charge in [-0.1, -0.05) is 29.3 Å². The highest BCUT2D eigenvalue weighted by molar-refractivity contribution is 6.35. The van der Waals surface area contributed by atoms with Crippen molar-refractivity contribution in [3.8, 4) is 0 Å². The van der Waals surface area contributed by atoms with Crippen molar-refractivity contribution in [2.45, 2.75) is 0 Å². The predicted molar refractivity (Wildman–Crippen MR) is 96.7 cm³/mol. The van der Waals surface area contributed by atoms with Gasteiger partial charge in [-0.2, -0.15) is 0 Å². The second kappa shape index (κ2) is 8.80. The van der Waals surface area contributed by atoms with Gasteiger partial charge in [0.05, 0.1) is 7.05 Å². The molecule has 0 aliphatic carbocycles. The normalized spacial score (nSPS) is 11.7. The monoisotopic (exact) mass is 384 g/mol. The molecule has 1 unspecified atom stereocenters. The molecule has 132 valence electrons. The summed E-state index contributed by atoms with van der Waals surface area (Å²) in [5.41, 5.74) is 0.857. The molecular weight excluding hydrogens is 368 g/mol. The summed E-state index contributed by atoms with van der Waals surface area (Å²) in [5, 5.41) is 6.09. The first-order valence-electron chi connectivity index (χ1n) is 7.44. The van der Waals surface area contributed by atoms with Crippen LogP contribution in [0.4, 0.5) is 15.8 Å². The van der Waals surface area contributed by atoms with Crippen LogP contribution in [0.5, 0.6) is 0 Å². The zero-order valence-corrected chi connectivity index (χ0v) is 14.9. The lowest BCUT2D eigenvalue weighted by Crippen LogP contribution is -3.11. The van der Waals surface area contributed by atoms with Gasteiger partial charge in [0, 0.05) is 21.4 Å². The van der Waals surface area contributed by atoms with Crippen LogP contribution in [0.25, 0.3) is 0 Å². The number of quaternary nitrogens is 1. The van der Waals surface area contributed by atoms with E-state index in [1.807, 2.05) is 0 Å². The maximum atomic E-state index is 13.1. The quantitative estimate of drug-likeness (QED) is 0.714. The second-order valence-electron chi connectivity index (χ2n) is 5.58. The van der Waals surface area contributed by atoms with Crippen LogP contribution in [0.15, 0.2) is 42.5 Å². The number of benzene rings is 2. The third-order valence-electron chi connectivity index (χ3n) is 3.18. The van der Waals surface area contributed by atoms with Crippen molar-refractivity contribution in [2.75, 3.05) is 30.8 Å². The van der Waals surface area contributed by atoms with Crippen LogP contribution in [0, 0.1) is 5.82 Å².